The predicted octanol–water partition coefficient (Wildman–Crippen LogP) is 3.81. The topological polar surface area (TPSA) is 106 Å². The van der Waals surface area contributed by atoms with E-state index in [0.29, 0.717) is 41.9 Å². The molecule has 2 fully saturated rings. The van der Waals surface area contributed by atoms with E-state index in [-0.39, 0.29) is 12.1 Å². The Morgan fingerprint density at radius 3 is 2.82 bits per heavy atom. The van der Waals surface area contributed by atoms with Gasteiger partial charge in [0, 0.05) is 41.0 Å². The van der Waals surface area contributed by atoms with Crippen LogP contribution in [0.25, 0.3) is 16.6 Å². The van der Waals surface area contributed by atoms with Crippen LogP contribution in [0.4, 0.5) is 17.2 Å². The molecule has 2 saturated heterocycles. The maximum Gasteiger partial charge on any atom is 0.224 e. The SMILES string of the molecule is [2H]C([2H])([2H])N1CC[C@H]2[C@@H]1CN2c1c(OC)ccc2ncnc(Nc3ccc(Oc4cc5ncnn5cn4)c(C)c3)c12. The number of nitrogens with one attached hydrogen (secondary N) is 1. The van der Waals surface area contributed by atoms with E-state index in [0.717, 1.165) is 34.3 Å². The Morgan fingerprint density at radius 2 is 1.95 bits per heavy atom. The van der Waals surface area contributed by atoms with Gasteiger partial charge in [-0.05, 0) is 56.2 Å². The van der Waals surface area contributed by atoms with Crippen molar-refractivity contribution < 1.29 is 13.6 Å². The third-order valence-corrected chi connectivity index (χ3v) is 7.34. The van der Waals surface area contributed by atoms with E-state index >= 15 is 0 Å². The molecule has 5 aromatic rings. The second-order valence-corrected chi connectivity index (χ2v) is 9.50. The minimum Gasteiger partial charge on any atom is -0.495 e. The molecule has 2 aliphatic heterocycles. The van der Waals surface area contributed by atoms with Gasteiger partial charge in [-0.3, -0.25) is 4.90 Å². The van der Waals surface area contributed by atoms with Crippen LogP contribution in [-0.4, -0.2) is 73.7 Å². The molecule has 2 aliphatic rings. The number of nitrogens with zero attached hydrogens (tertiary/aromatic N) is 8. The number of methoxy groups -OCH3 is 1. The molecule has 0 bridgehead atoms. The van der Waals surface area contributed by atoms with E-state index in [1.54, 1.807) is 28.9 Å². The maximum absolute atomic E-state index is 7.91. The summed E-state index contributed by atoms with van der Waals surface area (Å²) in [5.74, 6) is 2.40. The second kappa shape index (κ2) is 8.80. The predicted molar refractivity (Wildman–Crippen MR) is 144 cm³/mol. The zero-order chi connectivity index (χ0) is 28.3. The number of likely N-dealkylation sites (tertiary alicyclic amines) is 1. The standard InChI is InChI=1S/C27H27N9O2/c1-16-10-17(4-6-21(16)38-24-11-23-29-14-32-36(23)15-31-24)33-27-25-18(28-13-30-27)5-7-22(37-3)26(25)35-12-20-19(35)8-9-34(20)2/h4-7,10-11,13-15,19-20H,8-9,12H2,1-3H3,(H,28,30,33)/t19-,20-/m0/s1/i2D3. The van der Waals surface area contributed by atoms with Gasteiger partial charge in [0.05, 0.1) is 23.7 Å². The van der Waals surface area contributed by atoms with Crippen molar-refractivity contribution in [1.82, 2.24) is 34.4 Å². The molecule has 0 aliphatic carbocycles. The van der Waals surface area contributed by atoms with Gasteiger partial charge in [0.25, 0.3) is 0 Å². The van der Waals surface area contributed by atoms with Crippen LogP contribution in [0, 0.1) is 6.92 Å². The molecule has 11 heteroatoms. The molecule has 1 N–H and O–H groups in total. The monoisotopic (exact) mass is 512 g/mol. The second-order valence-electron chi connectivity index (χ2n) is 9.50. The molecule has 11 nitrogen and oxygen atoms in total. The molecule has 0 amide bonds. The zero-order valence-electron chi connectivity index (χ0n) is 23.9. The molecule has 3 aromatic heterocycles. The summed E-state index contributed by atoms with van der Waals surface area (Å²) in [6, 6.07) is 11.3. The highest BCUT2D eigenvalue weighted by Crippen LogP contribution is 2.46. The van der Waals surface area contributed by atoms with Crippen LogP contribution in [0.2, 0.25) is 0 Å². The quantitative estimate of drug-likeness (QED) is 0.361. The Balaban J connectivity index is 1.20. The van der Waals surface area contributed by atoms with Crippen LogP contribution >= 0.6 is 0 Å². The Hall–Kier alpha value is -4.51. The van der Waals surface area contributed by atoms with E-state index in [1.165, 1.54) is 12.7 Å². The number of ether oxygens (including phenoxy) is 2. The number of hydrogen-bond acceptors (Lipinski definition) is 10. The van der Waals surface area contributed by atoms with Gasteiger partial charge in [0.2, 0.25) is 5.88 Å². The van der Waals surface area contributed by atoms with E-state index in [9.17, 15) is 0 Å². The Morgan fingerprint density at radius 1 is 1.03 bits per heavy atom. The molecule has 0 radical (unpaired) electrons. The molecule has 2 atom stereocenters. The Kier molecular flexibility index (Phi) is 4.54. The van der Waals surface area contributed by atoms with Gasteiger partial charge >= 0.3 is 0 Å². The fourth-order valence-corrected chi connectivity index (χ4v) is 5.39. The van der Waals surface area contributed by atoms with Crippen molar-refractivity contribution in [2.75, 3.05) is 37.4 Å². The number of likely N-dealkylation sites (N-methyl/N-ethyl adjacent to an activating group) is 1. The number of fused-ring (bicyclic) bond motifs is 3. The lowest BCUT2D eigenvalue weighted by molar-refractivity contribution is 0.241. The van der Waals surface area contributed by atoms with Crippen LogP contribution in [0.3, 0.4) is 0 Å². The Labute approximate surface area is 223 Å². The molecule has 2 aromatic carbocycles. The van der Waals surface area contributed by atoms with Gasteiger partial charge in [-0.15, -0.1) is 0 Å². The van der Waals surface area contributed by atoms with E-state index in [2.05, 4.69) is 35.3 Å². The molecule has 7 rings (SSSR count). The van der Waals surface area contributed by atoms with Gasteiger partial charge in [0.15, 0.2) is 5.65 Å². The summed E-state index contributed by atoms with van der Waals surface area (Å²) in [5.41, 5.74) is 3.99. The van der Waals surface area contributed by atoms with E-state index in [4.69, 9.17) is 13.6 Å². The van der Waals surface area contributed by atoms with Gasteiger partial charge in [-0.2, -0.15) is 5.10 Å². The smallest absolute Gasteiger partial charge is 0.224 e. The van der Waals surface area contributed by atoms with Crippen LogP contribution in [0.5, 0.6) is 17.4 Å². The van der Waals surface area contributed by atoms with Crippen molar-refractivity contribution in [3.63, 3.8) is 0 Å². The van der Waals surface area contributed by atoms with Crippen LogP contribution in [0.15, 0.2) is 55.4 Å². The van der Waals surface area contributed by atoms with Gasteiger partial charge in [-0.1, -0.05) is 0 Å². The molecular formula is C27H27N9O2. The van der Waals surface area contributed by atoms with Crippen molar-refractivity contribution in [3.8, 4) is 17.4 Å². The average molecular weight is 513 g/mol. The van der Waals surface area contributed by atoms with Crippen LogP contribution in [0.1, 0.15) is 16.1 Å². The summed E-state index contributed by atoms with van der Waals surface area (Å²) < 4.78 is 37.1. The minimum absolute atomic E-state index is 0.0290. The molecule has 38 heavy (non-hydrogen) atoms. The average Bonchev–Trinajstić information content (AvgIpc) is 3.54. The highest BCUT2D eigenvalue weighted by molar-refractivity contribution is 6.04. The summed E-state index contributed by atoms with van der Waals surface area (Å²) in [4.78, 5) is 21.5. The van der Waals surface area contributed by atoms with Gasteiger partial charge in [0.1, 0.15) is 36.3 Å². The van der Waals surface area contributed by atoms with Gasteiger partial charge < -0.3 is 19.7 Å². The third kappa shape index (κ3) is 3.66. The van der Waals surface area contributed by atoms with Crippen LogP contribution < -0.4 is 19.7 Å². The van der Waals surface area contributed by atoms with E-state index in [1.807, 2.05) is 37.3 Å². The lowest BCUT2D eigenvalue weighted by atomic mass is 9.94. The number of hydrogen-bond donors (Lipinski definition) is 1. The first-order valence-electron chi connectivity index (χ1n) is 13.9. The maximum atomic E-state index is 7.91. The molecule has 0 saturated carbocycles. The third-order valence-electron chi connectivity index (χ3n) is 7.34. The van der Waals surface area contributed by atoms with Crippen molar-refractivity contribution in [1.29, 1.82) is 0 Å². The fourth-order valence-electron chi connectivity index (χ4n) is 5.39. The summed E-state index contributed by atoms with van der Waals surface area (Å²) in [6.07, 6.45) is 5.31. The number of aryl methyl sites for hydroxylation is 1. The molecular weight excluding hydrogens is 482 g/mol. The Bertz CT molecular complexity index is 1780. The van der Waals surface area contributed by atoms with Crippen LogP contribution in [-0.2, 0) is 0 Å². The first kappa shape index (κ1) is 19.6. The highest BCUT2D eigenvalue weighted by Gasteiger charge is 2.46. The molecule has 0 unspecified atom stereocenters. The van der Waals surface area contributed by atoms with Gasteiger partial charge in [-0.25, -0.2) is 24.5 Å². The summed E-state index contributed by atoms with van der Waals surface area (Å²) >= 11 is 0. The normalized spacial score (nSPS) is 20.5. The summed E-state index contributed by atoms with van der Waals surface area (Å²) in [5, 5.41) is 8.34. The molecule has 5 heterocycles. The molecule has 0 spiro atoms. The number of rotatable bonds is 6. The van der Waals surface area contributed by atoms with Crippen molar-refractivity contribution >= 4 is 33.7 Å². The van der Waals surface area contributed by atoms with Crippen molar-refractivity contribution in [2.24, 2.45) is 0 Å². The van der Waals surface area contributed by atoms with Crippen molar-refractivity contribution in [3.05, 3.63) is 60.9 Å². The van der Waals surface area contributed by atoms with Crippen molar-refractivity contribution in [2.45, 2.75) is 25.4 Å². The highest BCUT2D eigenvalue weighted by atomic mass is 16.5. The number of aromatic nitrogens is 6. The zero-order valence-corrected chi connectivity index (χ0v) is 20.9. The number of benzene rings is 2. The molecule has 192 valence electrons. The lowest BCUT2D eigenvalue weighted by Crippen LogP contribution is -2.61. The lowest BCUT2D eigenvalue weighted by Gasteiger charge is -2.48. The largest absolute Gasteiger partial charge is 0.495 e. The first-order chi connectivity index (χ1) is 19.8. The number of anilines is 3. The van der Waals surface area contributed by atoms with E-state index < -0.39 is 6.98 Å². The first-order valence-corrected chi connectivity index (χ1v) is 12.4. The summed E-state index contributed by atoms with van der Waals surface area (Å²) in [7, 11) is 1.64. The fraction of sp³-hybridized carbons (Fsp3) is 0.296. The summed E-state index contributed by atoms with van der Waals surface area (Å²) in [6.45, 7) is 0.983. The minimum atomic E-state index is -2.10.